The van der Waals surface area contributed by atoms with Gasteiger partial charge in [0.15, 0.2) is 11.4 Å². The Morgan fingerprint density at radius 1 is 1.10 bits per heavy atom. The predicted octanol–water partition coefficient (Wildman–Crippen LogP) is 3.26. The first-order valence-electron chi connectivity index (χ1n) is 9.55. The SMILES string of the molecule is CCOc1cn(-c2ccccc2)nc1C(=O)N1C[C@@H](N)[C@H](c2ccccc2)C1.Cl. The molecule has 2 heterocycles. The van der Waals surface area contributed by atoms with E-state index in [1.165, 1.54) is 0 Å². The highest BCUT2D eigenvalue weighted by Gasteiger charge is 2.36. The molecule has 1 aliphatic heterocycles. The maximum atomic E-state index is 13.2. The summed E-state index contributed by atoms with van der Waals surface area (Å²) in [5, 5.41) is 4.53. The van der Waals surface area contributed by atoms with Crippen molar-refractivity contribution in [1.82, 2.24) is 14.7 Å². The quantitative estimate of drug-likeness (QED) is 0.698. The van der Waals surface area contributed by atoms with Crippen LogP contribution in [0.5, 0.6) is 5.75 Å². The van der Waals surface area contributed by atoms with Crippen LogP contribution in [0.15, 0.2) is 66.9 Å². The van der Waals surface area contributed by atoms with Crippen LogP contribution < -0.4 is 10.5 Å². The third-order valence-electron chi connectivity index (χ3n) is 5.08. The van der Waals surface area contributed by atoms with Crippen molar-refractivity contribution in [2.45, 2.75) is 18.9 Å². The fourth-order valence-corrected chi connectivity index (χ4v) is 3.68. The first-order chi connectivity index (χ1) is 13.7. The number of likely N-dealkylation sites (tertiary alicyclic amines) is 1. The third kappa shape index (κ3) is 4.28. The Labute approximate surface area is 176 Å². The second-order valence-electron chi connectivity index (χ2n) is 6.95. The molecule has 7 heteroatoms. The van der Waals surface area contributed by atoms with Crippen LogP contribution in [-0.4, -0.2) is 46.3 Å². The van der Waals surface area contributed by atoms with Gasteiger partial charge < -0.3 is 15.4 Å². The maximum absolute atomic E-state index is 13.2. The van der Waals surface area contributed by atoms with E-state index >= 15 is 0 Å². The van der Waals surface area contributed by atoms with Crippen LogP contribution in [0.4, 0.5) is 0 Å². The van der Waals surface area contributed by atoms with E-state index in [1.807, 2.05) is 55.5 Å². The molecule has 4 rings (SSSR count). The number of amides is 1. The number of aromatic nitrogens is 2. The summed E-state index contributed by atoms with van der Waals surface area (Å²) in [6, 6.07) is 19.7. The number of para-hydroxylation sites is 1. The molecule has 3 aromatic rings. The lowest BCUT2D eigenvalue weighted by molar-refractivity contribution is 0.0779. The summed E-state index contributed by atoms with van der Waals surface area (Å²) in [4.78, 5) is 15.0. The van der Waals surface area contributed by atoms with E-state index in [9.17, 15) is 4.79 Å². The summed E-state index contributed by atoms with van der Waals surface area (Å²) < 4.78 is 7.38. The number of rotatable bonds is 5. The zero-order valence-electron chi connectivity index (χ0n) is 16.3. The molecule has 0 aliphatic carbocycles. The lowest BCUT2D eigenvalue weighted by Gasteiger charge is -2.16. The Morgan fingerprint density at radius 2 is 1.76 bits per heavy atom. The van der Waals surface area contributed by atoms with E-state index in [2.05, 4.69) is 17.2 Å². The van der Waals surface area contributed by atoms with Gasteiger partial charge in [0.2, 0.25) is 0 Å². The maximum Gasteiger partial charge on any atom is 0.278 e. The van der Waals surface area contributed by atoms with Crippen LogP contribution >= 0.6 is 12.4 Å². The molecule has 1 amide bonds. The normalized spacial score (nSPS) is 18.3. The highest BCUT2D eigenvalue weighted by Crippen LogP contribution is 2.29. The minimum Gasteiger partial charge on any atom is -0.490 e. The molecule has 1 aromatic heterocycles. The number of carbonyl (C=O) groups is 1. The fraction of sp³-hybridized carbons (Fsp3) is 0.273. The summed E-state index contributed by atoms with van der Waals surface area (Å²) >= 11 is 0. The molecule has 2 atom stereocenters. The van der Waals surface area contributed by atoms with Gasteiger partial charge in [0.05, 0.1) is 18.5 Å². The van der Waals surface area contributed by atoms with Gasteiger partial charge in [-0.1, -0.05) is 48.5 Å². The van der Waals surface area contributed by atoms with Crippen molar-refractivity contribution >= 4 is 18.3 Å². The Bertz CT molecular complexity index is 946. The Balaban J connectivity index is 0.00000240. The van der Waals surface area contributed by atoms with Gasteiger partial charge in [-0.3, -0.25) is 4.79 Å². The number of ether oxygens (including phenoxy) is 1. The number of hydrogen-bond donors (Lipinski definition) is 1. The molecule has 2 N–H and O–H groups in total. The number of nitrogens with zero attached hydrogens (tertiary/aromatic N) is 3. The number of halogens is 1. The second kappa shape index (κ2) is 9.11. The van der Waals surface area contributed by atoms with Crippen LogP contribution in [0.25, 0.3) is 5.69 Å². The van der Waals surface area contributed by atoms with E-state index < -0.39 is 0 Å². The van der Waals surface area contributed by atoms with Gasteiger partial charge >= 0.3 is 0 Å². The van der Waals surface area contributed by atoms with Crippen LogP contribution in [-0.2, 0) is 0 Å². The molecule has 0 bridgehead atoms. The number of benzene rings is 2. The standard InChI is InChI=1S/C22H24N4O2.ClH/c1-2-28-20-15-26(17-11-7-4-8-12-17)24-21(20)22(27)25-13-18(19(23)14-25)16-9-5-3-6-10-16;/h3-12,15,18-19H,2,13-14,23H2,1H3;1H/t18-,19+;/m0./s1. The number of hydrogen-bond acceptors (Lipinski definition) is 4. The van der Waals surface area contributed by atoms with Crippen LogP contribution in [0.1, 0.15) is 28.9 Å². The first kappa shape index (κ1) is 20.9. The minimum atomic E-state index is -0.146. The molecule has 1 aliphatic rings. The van der Waals surface area contributed by atoms with E-state index in [4.69, 9.17) is 10.5 Å². The lowest BCUT2D eigenvalue weighted by atomic mass is 9.95. The molecule has 152 valence electrons. The topological polar surface area (TPSA) is 73.4 Å². The van der Waals surface area contributed by atoms with E-state index in [0.29, 0.717) is 31.1 Å². The van der Waals surface area contributed by atoms with Gasteiger partial charge in [-0.25, -0.2) is 4.68 Å². The highest BCUT2D eigenvalue weighted by molar-refractivity contribution is 5.95. The van der Waals surface area contributed by atoms with Gasteiger partial charge in [0.25, 0.3) is 5.91 Å². The van der Waals surface area contributed by atoms with Gasteiger partial charge in [-0.05, 0) is 24.6 Å². The van der Waals surface area contributed by atoms with Gasteiger partial charge in [-0.2, -0.15) is 5.10 Å². The average Bonchev–Trinajstić information content (AvgIpc) is 3.33. The zero-order valence-corrected chi connectivity index (χ0v) is 17.1. The Morgan fingerprint density at radius 3 is 2.41 bits per heavy atom. The molecule has 0 radical (unpaired) electrons. The molecular weight excluding hydrogens is 388 g/mol. The predicted molar refractivity (Wildman–Crippen MR) is 115 cm³/mol. The van der Waals surface area contributed by atoms with Gasteiger partial charge in [0.1, 0.15) is 0 Å². The van der Waals surface area contributed by atoms with Gasteiger partial charge in [-0.15, -0.1) is 12.4 Å². The van der Waals surface area contributed by atoms with Gasteiger partial charge in [0, 0.05) is 25.0 Å². The van der Waals surface area contributed by atoms with Crippen LogP contribution in [0.3, 0.4) is 0 Å². The summed E-state index contributed by atoms with van der Waals surface area (Å²) in [6.45, 7) is 3.44. The van der Waals surface area contributed by atoms with E-state index in [1.54, 1.807) is 15.8 Å². The summed E-state index contributed by atoms with van der Waals surface area (Å²) in [5.74, 6) is 0.469. The Hall–Kier alpha value is -2.83. The van der Waals surface area contributed by atoms with Crippen LogP contribution in [0, 0.1) is 0 Å². The van der Waals surface area contributed by atoms with Crippen molar-refractivity contribution in [3.05, 3.63) is 78.1 Å². The summed E-state index contributed by atoms with van der Waals surface area (Å²) in [7, 11) is 0. The molecule has 1 fully saturated rings. The molecule has 29 heavy (non-hydrogen) atoms. The molecule has 0 spiro atoms. The highest BCUT2D eigenvalue weighted by atomic mass is 35.5. The zero-order chi connectivity index (χ0) is 19.5. The monoisotopic (exact) mass is 412 g/mol. The lowest BCUT2D eigenvalue weighted by Crippen LogP contribution is -2.32. The van der Waals surface area contributed by atoms with Crippen molar-refractivity contribution in [3.8, 4) is 11.4 Å². The van der Waals surface area contributed by atoms with Crippen LogP contribution in [0.2, 0.25) is 0 Å². The molecule has 1 saturated heterocycles. The average molecular weight is 413 g/mol. The summed E-state index contributed by atoms with van der Waals surface area (Å²) in [6.07, 6.45) is 1.76. The van der Waals surface area contributed by atoms with Crippen molar-refractivity contribution in [3.63, 3.8) is 0 Å². The second-order valence-corrected chi connectivity index (χ2v) is 6.95. The molecule has 6 nitrogen and oxygen atoms in total. The molecule has 0 saturated carbocycles. The molecule has 2 aromatic carbocycles. The summed E-state index contributed by atoms with van der Waals surface area (Å²) in [5.41, 5.74) is 8.72. The van der Waals surface area contributed by atoms with Crippen molar-refractivity contribution < 1.29 is 9.53 Å². The van der Waals surface area contributed by atoms with Crippen molar-refractivity contribution in [2.24, 2.45) is 5.73 Å². The van der Waals surface area contributed by atoms with Crippen molar-refractivity contribution in [2.75, 3.05) is 19.7 Å². The third-order valence-corrected chi connectivity index (χ3v) is 5.08. The smallest absolute Gasteiger partial charge is 0.278 e. The minimum absolute atomic E-state index is 0. The van der Waals surface area contributed by atoms with Crippen molar-refractivity contribution in [1.29, 1.82) is 0 Å². The van der Waals surface area contributed by atoms with E-state index in [0.717, 1.165) is 11.3 Å². The fourth-order valence-electron chi connectivity index (χ4n) is 3.68. The Kier molecular flexibility index (Phi) is 6.56. The molecule has 0 unspecified atom stereocenters. The number of carbonyl (C=O) groups excluding carboxylic acids is 1. The number of nitrogens with two attached hydrogens (primary N) is 1. The first-order valence-corrected chi connectivity index (χ1v) is 9.55. The largest absolute Gasteiger partial charge is 0.490 e. The molecular formula is C22H25ClN4O2. The van der Waals surface area contributed by atoms with E-state index in [-0.39, 0.29) is 30.3 Å².